The minimum Gasteiger partial charge on any atom is -0.379 e. The van der Waals surface area contributed by atoms with Crippen LogP contribution in [0.25, 0.3) is 0 Å². The summed E-state index contributed by atoms with van der Waals surface area (Å²) < 4.78 is 7.34. The Morgan fingerprint density at radius 2 is 2.15 bits per heavy atom. The number of aromatic nitrogens is 1. The maximum atomic E-state index is 11.7. The number of hydrazone groups is 1. The second-order valence-electron chi connectivity index (χ2n) is 5.07. The van der Waals surface area contributed by atoms with Crippen LogP contribution < -0.4 is 5.43 Å². The molecule has 2 heterocycles. The number of nitrogens with one attached hydrogen (secondary N) is 1. The number of ether oxygens (including phenoxy) is 1. The summed E-state index contributed by atoms with van der Waals surface area (Å²) in [7, 11) is 2.01. The van der Waals surface area contributed by atoms with Gasteiger partial charge in [0.1, 0.15) is 0 Å². The van der Waals surface area contributed by atoms with E-state index in [0.717, 1.165) is 24.3 Å². The van der Waals surface area contributed by atoms with Gasteiger partial charge in [-0.1, -0.05) is 0 Å². The predicted octanol–water partition coefficient (Wildman–Crippen LogP) is 0.424. The summed E-state index contributed by atoms with van der Waals surface area (Å²) in [6.07, 6.45) is 1.69. The fourth-order valence-corrected chi connectivity index (χ4v) is 2.19. The molecular formula is C14H22N4O2. The van der Waals surface area contributed by atoms with Gasteiger partial charge >= 0.3 is 0 Å². The van der Waals surface area contributed by atoms with Crippen LogP contribution in [0, 0.1) is 13.8 Å². The molecular weight excluding hydrogens is 256 g/mol. The van der Waals surface area contributed by atoms with Gasteiger partial charge in [0, 0.05) is 37.1 Å². The average Bonchev–Trinajstić information content (AvgIpc) is 2.67. The summed E-state index contributed by atoms with van der Waals surface area (Å²) in [6, 6.07) is 2.05. The topological polar surface area (TPSA) is 58.9 Å². The first kappa shape index (κ1) is 14.7. The molecule has 110 valence electrons. The summed E-state index contributed by atoms with van der Waals surface area (Å²) in [5, 5.41) is 4.03. The number of carbonyl (C=O) groups is 1. The van der Waals surface area contributed by atoms with E-state index in [0.29, 0.717) is 19.8 Å². The second-order valence-corrected chi connectivity index (χ2v) is 5.07. The Hall–Kier alpha value is -1.66. The van der Waals surface area contributed by atoms with Gasteiger partial charge in [-0.2, -0.15) is 5.10 Å². The molecule has 0 atom stereocenters. The van der Waals surface area contributed by atoms with Crippen molar-refractivity contribution in [2.45, 2.75) is 13.8 Å². The molecule has 0 saturated carbocycles. The molecule has 20 heavy (non-hydrogen) atoms. The Morgan fingerprint density at radius 1 is 1.45 bits per heavy atom. The minimum absolute atomic E-state index is 0.0894. The van der Waals surface area contributed by atoms with E-state index in [1.165, 1.54) is 5.69 Å². The molecule has 6 heteroatoms. The van der Waals surface area contributed by atoms with Crippen LogP contribution in [0.5, 0.6) is 0 Å². The molecule has 0 spiro atoms. The Labute approximate surface area is 119 Å². The summed E-state index contributed by atoms with van der Waals surface area (Å²) in [5.74, 6) is -0.0894. The van der Waals surface area contributed by atoms with Crippen molar-refractivity contribution in [3.05, 3.63) is 23.0 Å². The third-order valence-electron chi connectivity index (χ3n) is 3.68. The van der Waals surface area contributed by atoms with Crippen molar-refractivity contribution in [2.75, 3.05) is 32.8 Å². The number of nitrogens with zero attached hydrogens (tertiary/aromatic N) is 3. The summed E-state index contributed by atoms with van der Waals surface area (Å²) in [5.41, 5.74) is 5.90. The van der Waals surface area contributed by atoms with Crippen LogP contribution in [0.4, 0.5) is 0 Å². The van der Waals surface area contributed by atoms with Gasteiger partial charge in [0.05, 0.1) is 26.0 Å². The highest BCUT2D eigenvalue weighted by molar-refractivity contribution is 5.84. The van der Waals surface area contributed by atoms with Gasteiger partial charge in [0.2, 0.25) is 0 Å². The molecule has 1 aliphatic heterocycles. The molecule has 0 aromatic carbocycles. The fraction of sp³-hybridized carbons (Fsp3) is 0.571. The minimum atomic E-state index is -0.0894. The lowest BCUT2D eigenvalue weighted by Crippen LogP contribution is -2.42. The standard InChI is InChI=1S/C14H22N4O2/c1-11-8-13(12(2)17(11)3)9-15-16-14(19)10-18-4-6-20-7-5-18/h8-9H,4-7,10H2,1-3H3,(H,16,19)/b15-9-. The lowest BCUT2D eigenvalue weighted by Gasteiger charge is -2.25. The number of amides is 1. The van der Waals surface area contributed by atoms with Gasteiger partial charge in [0.25, 0.3) is 5.91 Å². The Bertz CT molecular complexity index is 502. The highest BCUT2D eigenvalue weighted by Gasteiger charge is 2.13. The largest absolute Gasteiger partial charge is 0.379 e. The number of hydrogen-bond acceptors (Lipinski definition) is 4. The Kier molecular flexibility index (Phi) is 4.92. The van der Waals surface area contributed by atoms with E-state index in [-0.39, 0.29) is 5.91 Å². The van der Waals surface area contributed by atoms with Crippen LogP contribution in [0.15, 0.2) is 11.2 Å². The maximum Gasteiger partial charge on any atom is 0.254 e. The van der Waals surface area contributed by atoms with Crippen LogP contribution in [-0.4, -0.2) is 54.4 Å². The SMILES string of the molecule is Cc1cc(/C=N\NC(=O)CN2CCOCC2)c(C)n1C. The molecule has 0 bridgehead atoms. The van der Waals surface area contributed by atoms with Crippen molar-refractivity contribution >= 4 is 12.1 Å². The van der Waals surface area contributed by atoms with E-state index in [1.807, 2.05) is 27.0 Å². The maximum absolute atomic E-state index is 11.7. The smallest absolute Gasteiger partial charge is 0.254 e. The molecule has 0 unspecified atom stereocenters. The molecule has 0 radical (unpaired) electrons. The van der Waals surface area contributed by atoms with Crippen molar-refractivity contribution in [3.8, 4) is 0 Å². The second kappa shape index (κ2) is 6.67. The fourth-order valence-electron chi connectivity index (χ4n) is 2.19. The number of hydrogen-bond donors (Lipinski definition) is 1. The van der Waals surface area contributed by atoms with E-state index in [9.17, 15) is 4.79 Å². The zero-order valence-electron chi connectivity index (χ0n) is 12.3. The number of carbonyl (C=O) groups excluding carboxylic acids is 1. The van der Waals surface area contributed by atoms with Crippen LogP contribution >= 0.6 is 0 Å². The number of morpholine rings is 1. The van der Waals surface area contributed by atoms with Crippen molar-refractivity contribution < 1.29 is 9.53 Å². The number of aryl methyl sites for hydroxylation is 1. The molecule has 0 aliphatic carbocycles. The molecule has 6 nitrogen and oxygen atoms in total. The Morgan fingerprint density at radius 3 is 2.75 bits per heavy atom. The van der Waals surface area contributed by atoms with Crippen LogP contribution in [0.3, 0.4) is 0 Å². The highest BCUT2D eigenvalue weighted by atomic mass is 16.5. The first-order valence-corrected chi connectivity index (χ1v) is 6.83. The van der Waals surface area contributed by atoms with Gasteiger partial charge in [-0.05, 0) is 19.9 Å². The molecule has 1 saturated heterocycles. The monoisotopic (exact) mass is 278 g/mol. The van der Waals surface area contributed by atoms with Crippen molar-refractivity contribution in [1.82, 2.24) is 14.9 Å². The van der Waals surface area contributed by atoms with E-state index < -0.39 is 0 Å². The van der Waals surface area contributed by atoms with Gasteiger partial charge in [0.15, 0.2) is 0 Å². The summed E-state index contributed by atoms with van der Waals surface area (Å²) in [6.45, 7) is 7.43. The van der Waals surface area contributed by atoms with Crippen LogP contribution in [-0.2, 0) is 16.6 Å². The molecule has 1 amide bonds. The molecule has 1 aliphatic rings. The lowest BCUT2D eigenvalue weighted by molar-refractivity contribution is -0.123. The van der Waals surface area contributed by atoms with Gasteiger partial charge < -0.3 is 9.30 Å². The lowest BCUT2D eigenvalue weighted by atomic mass is 10.3. The summed E-state index contributed by atoms with van der Waals surface area (Å²) >= 11 is 0. The number of rotatable bonds is 4. The van der Waals surface area contributed by atoms with Crippen molar-refractivity contribution in [3.63, 3.8) is 0 Å². The van der Waals surface area contributed by atoms with E-state index >= 15 is 0 Å². The van der Waals surface area contributed by atoms with E-state index in [4.69, 9.17) is 4.74 Å². The first-order chi connectivity index (χ1) is 9.58. The molecule has 2 rings (SSSR count). The third-order valence-corrected chi connectivity index (χ3v) is 3.68. The quantitative estimate of drug-likeness (QED) is 0.641. The van der Waals surface area contributed by atoms with Gasteiger partial charge in [-0.15, -0.1) is 0 Å². The van der Waals surface area contributed by atoms with Crippen molar-refractivity contribution in [2.24, 2.45) is 12.1 Å². The van der Waals surface area contributed by atoms with Crippen molar-refractivity contribution in [1.29, 1.82) is 0 Å². The molecule has 1 aromatic heterocycles. The zero-order chi connectivity index (χ0) is 14.5. The Balaban J connectivity index is 1.83. The molecule has 1 N–H and O–H groups in total. The predicted molar refractivity (Wildman–Crippen MR) is 77.9 cm³/mol. The normalized spacial score (nSPS) is 16.8. The van der Waals surface area contributed by atoms with E-state index in [2.05, 4.69) is 20.0 Å². The van der Waals surface area contributed by atoms with Crippen LogP contribution in [0.2, 0.25) is 0 Å². The van der Waals surface area contributed by atoms with Crippen LogP contribution in [0.1, 0.15) is 17.0 Å². The zero-order valence-corrected chi connectivity index (χ0v) is 12.3. The summed E-state index contributed by atoms with van der Waals surface area (Å²) in [4.78, 5) is 13.8. The van der Waals surface area contributed by atoms with E-state index in [1.54, 1.807) is 6.21 Å². The highest BCUT2D eigenvalue weighted by Crippen LogP contribution is 2.10. The molecule has 1 fully saturated rings. The molecule has 1 aromatic rings. The van der Waals surface area contributed by atoms with Gasteiger partial charge in [-0.25, -0.2) is 5.43 Å². The first-order valence-electron chi connectivity index (χ1n) is 6.83. The average molecular weight is 278 g/mol. The third kappa shape index (κ3) is 3.68. The van der Waals surface area contributed by atoms with Gasteiger partial charge in [-0.3, -0.25) is 9.69 Å².